The van der Waals surface area contributed by atoms with Crippen LogP contribution in [0.25, 0.3) is 0 Å². The van der Waals surface area contributed by atoms with E-state index in [1.807, 2.05) is 24.3 Å². The SMILES string of the molecule is CC(C)CC(NCc1cccc(O)c1O)c1ccccc1. The summed E-state index contributed by atoms with van der Waals surface area (Å²) in [7, 11) is 0. The van der Waals surface area contributed by atoms with E-state index >= 15 is 0 Å². The molecule has 0 aliphatic carbocycles. The maximum absolute atomic E-state index is 9.87. The predicted molar refractivity (Wildman–Crippen MR) is 85.2 cm³/mol. The number of aromatic hydroxyl groups is 2. The van der Waals surface area contributed by atoms with Gasteiger partial charge in [0.25, 0.3) is 0 Å². The molecule has 0 saturated carbocycles. The van der Waals surface area contributed by atoms with Gasteiger partial charge in [0.1, 0.15) is 0 Å². The van der Waals surface area contributed by atoms with Crippen molar-refractivity contribution in [2.75, 3.05) is 0 Å². The maximum Gasteiger partial charge on any atom is 0.161 e. The first-order chi connectivity index (χ1) is 10.1. The second-order valence-electron chi connectivity index (χ2n) is 5.76. The average Bonchev–Trinajstić information content (AvgIpc) is 2.48. The summed E-state index contributed by atoms with van der Waals surface area (Å²) >= 11 is 0. The van der Waals surface area contributed by atoms with Crippen LogP contribution in [-0.2, 0) is 6.54 Å². The van der Waals surface area contributed by atoms with Crippen LogP contribution < -0.4 is 5.32 Å². The molecule has 0 bridgehead atoms. The van der Waals surface area contributed by atoms with E-state index in [4.69, 9.17) is 0 Å². The van der Waals surface area contributed by atoms with Crippen LogP contribution in [0.3, 0.4) is 0 Å². The highest BCUT2D eigenvalue weighted by molar-refractivity contribution is 5.44. The highest BCUT2D eigenvalue weighted by atomic mass is 16.3. The van der Waals surface area contributed by atoms with Crippen molar-refractivity contribution in [1.82, 2.24) is 5.32 Å². The van der Waals surface area contributed by atoms with Gasteiger partial charge < -0.3 is 15.5 Å². The molecule has 2 aromatic carbocycles. The van der Waals surface area contributed by atoms with Gasteiger partial charge in [0.15, 0.2) is 11.5 Å². The van der Waals surface area contributed by atoms with Gasteiger partial charge >= 0.3 is 0 Å². The summed E-state index contributed by atoms with van der Waals surface area (Å²) in [5.41, 5.74) is 1.95. The lowest BCUT2D eigenvalue weighted by atomic mass is 9.96. The largest absolute Gasteiger partial charge is 0.504 e. The molecule has 0 heterocycles. The van der Waals surface area contributed by atoms with E-state index in [-0.39, 0.29) is 17.5 Å². The summed E-state index contributed by atoms with van der Waals surface area (Å²) < 4.78 is 0. The van der Waals surface area contributed by atoms with E-state index in [0.29, 0.717) is 18.0 Å². The van der Waals surface area contributed by atoms with Gasteiger partial charge in [-0.3, -0.25) is 0 Å². The summed E-state index contributed by atoms with van der Waals surface area (Å²) in [5, 5.41) is 22.9. The topological polar surface area (TPSA) is 52.5 Å². The van der Waals surface area contributed by atoms with Crippen LogP contribution in [0.4, 0.5) is 0 Å². The molecule has 0 spiro atoms. The second kappa shape index (κ2) is 7.14. The minimum absolute atomic E-state index is 0.0404. The molecule has 0 aromatic heterocycles. The molecule has 0 aliphatic rings. The van der Waals surface area contributed by atoms with Crippen molar-refractivity contribution in [3.8, 4) is 11.5 Å². The Morgan fingerprint density at radius 1 is 0.952 bits per heavy atom. The molecule has 3 nitrogen and oxygen atoms in total. The monoisotopic (exact) mass is 285 g/mol. The molecule has 0 radical (unpaired) electrons. The Labute approximate surface area is 126 Å². The number of phenols is 2. The van der Waals surface area contributed by atoms with Crippen LogP contribution in [-0.4, -0.2) is 10.2 Å². The highest BCUT2D eigenvalue weighted by Gasteiger charge is 2.14. The van der Waals surface area contributed by atoms with Crippen LogP contribution in [0, 0.1) is 5.92 Å². The molecule has 2 aromatic rings. The standard InChI is InChI=1S/C18H23NO2/c1-13(2)11-16(14-7-4-3-5-8-14)19-12-15-9-6-10-17(20)18(15)21/h3-10,13,16,19-21H,11-12H2,1-2H3. The van der Waals surface area contributed by atoms with Gasteiger partial charge in [0, 0.05) is 18.2 Å². The average molecular weight is 285 g/mol. The number of hydrogen-bond donors (Lipinski definition) is 3. The molecule has 0 amide bonds. The summed E-state index contributed by atoms with van der Waals surface area (Å²) in [6, 6.07) is 15.6. The molecule has 2 rings (SSSR count). The smallest absolute Gasteiger partial charge is 0.161 e. The Bertz CT molecular complexity index is 567. The number of benzene rings is 2. The Morgan fingerprint density at radius 3 is 2.33 bits per heavy atom. The summed E-state index contributed by atoms with van der Waals surface area (Å²) in [5.74, 6) is 0.455. The number of phenolic OH excluding ortho intramolecular Hbond substituents is 2. The lowest BCUT2D eigenvalue weighted by Crippen LogP contribution is -2.22. The summed E-state index contributed by atoms with van der Waals surface area (Å²) in [6.45, 7) is 4.92. The van der Waals surface area contributed by atoms with E-state index in [2.05, 4.69) is 31.3 Å². The zero-order valence-corrected chi connectivity index (χ0v) is 12.6. The Kier molecular flexibility index (Phi) is 5.23. The minimum Gasteiger partial charge on any atom is -0.504 e. The number of rotatable bonds is 6. The van der Waals surface area contributed by atoms with E-state index in [1.54, 1.807) is 6.07 Å². The quantitative estimate of drug-likeness (QED) is 0.704. The third-order valence-corrected chi connectivity index (χ3v) is 3.55. The number of nitrogens with one attached hydrogen (secondary N) is 1. The third kappa shape index (κ3) is 4.23. The van der Waals surface area contributed by atoms with Crippen molar-refractivity contribution >= 4 is 0 Å². The van der Waals surface area contributed by atoms with Crippen LogP contribution in [0.2, 0.25) is 0 Å². The normalized spacial score (nSPS) is 12.5. The lowest BCUT2D eigenvalue weighted by Gasteiger charge is -2.21. The van der Waals surface area contributed by atoms with Gasteiger partial charge in [-0.05, 0) is 24.0 Å². The molecular formula is C18H23NO2. The second-order valence-corrected chi connectivity index (χ2v) is 5.76. The van der Waals surface area contributed by atoms with Crippen molar-refractivity contribution in [2.24, 2.45) is 5.92 Å². The fourth-order valence-corrected chi connectivity index (χ4v) is 2.45. The van der Waals surface area contributed by atoms with E-state index in [0.717, 1.165) is 6.42 Å². The molecular weight excluding hydrogens is 262 g/mol. The van der Waals surface area contributed by atoms with Gasteiger partial charge in [-0.25, -0.2) is 0 Å². The molecule has 3 N–H and O–H groups in total. The first kappa shape index (κ1) is 15.4. The zero-order valence-electron chi connectivity index (χ0n) is 12.6. The van der Waals surface area contributed by atoms with Crippen molar-refractivity contribution < 1.29 is 10.2 Å². The predicted octanol–water partition coefficient (Wildman–Crippen LogP) is 3.97. The van der Waals surface area contributed by atoms with E-state index < -0.39 is 0 Å². The van der Waals surface area contributed by atoms with E-state index in [1.165, 1.54) is 11.6 Å². The zero-order chi connectivity index (χ0) is 15.2. The molecule has 1 unspecified atom stereocenters. The third-order valence-electron chi connectivity index (χ3n) is 3.55. The fourth-order valence-electron chi connectivity index (χ4n) is 2.45. The van der Waals surface area contributed by atoms with Gasteiger partial charge in [-0.2, -0.15) is 0 Å². The Balaban J connectivity index is 2.11. The number of hydrogen-bond acceptors (Lipinski definition) is 3. The van der Waals surface area contributed by atoms with Crippen molar-refractivity contribution in [3.05, 3.63) is 59.7 Å². The van der Waals surface area contributed by atoms with Crippen molar-refractivity contribution in [2.45, 2.75) is 32.9 Å². The Morgan fingerprint density at radius 2 is 1.67 bits per heavy atom. The van der Waals surface area contributed by atoms with Crippen molar-refractivity contribution in [3.63, 3.8) is 0 Å². The minimum atomic E-state index is -0.0746. The van der Waals surface area contributed by atoms with Crippen LogP contribution in [0.5, 0.6) is 11.5 Å². The van der Waals surface area contributed by atoms with Crippen LogP contribution in [0.1, 0.15) is 37.4 Å². The van der Waals surface area contributed by atoms with E-state index in [9.17, 15) is 10.2 Å². The lowest BCUT2D eigenvalue weighted by molar-refractivity contribution is 0.390. The first-order valence-electron chi connectivity index (χ1n) is 7.36. The van der Waals surface area contributed by atoms with Crippen molar-refractivity contribution in [1.29, 1.82) is 0 Å². The maximum atomic E-state index is 9.87. The molecule has 112 valence electrons. The first-order valence-corrected chi connectivity index (χ1v) is 7.36. The Hall–Kier alpha value is -2.00. The fraction of sp³-hybridized carbons (Fsp3) is 0.333. The van der Waals surface area contributed by atoms with Crippen LogP contribution >= 0.6 is 0 Å². The number of para-hydroxylation sites is 1. The van der Waals surface area contributed by atoms with Crippen LogP contribution in [0.15, 0.2) is 48.5 Å². The van der Waals surface area contributed by atoms with Gasteiger partial charge in [-0.1, -0.05) is 56.3 Å². The molecule has 0 aliphatic heterocycles. The van der Waals surface area contributed by atoms with Gasteiger partial charge in [0.05, 0.1) is 0 Å². The summed E-state index contributed by atoms with van der Waals surface area (Å²) in [4.78, 5) is 0. The van der Waals surface area contributed by atoms with Gasteiger partial charge in [0.2, 0.25) is 0 Å². The molecule has 0 saturated heterocycles. The van der Waals surface area contributed by atoms with Gasteiger partial charge in [-0.15, -0.1) is 0 Å². The molecule has 21 heavy (non-hydrogen) atoms. The molecule has 3 heteroatoms. The highest BCUT2D eigenvalue weighted by Crippen LogP contribution is 2.29. The molecule has 1 atom stereocenters. The molecule has 0 fully saturated rings. The summed E-state index contributed by atoms with van der Waals surface area (Å²) in [6.07, 6.45) is 1.02.